The Balaban J connectivity index is 2.46. The van der Waals surface area contributed by atoms with Crippen LogP contribution in [0.5, 0.6) is 5.88 Å². The predicted octanol–water partition coefficient (Wildman–Crippen LogP) is 1.59. The maximum absolute atomic E-state index is 9.19. The number of hydrogen-bond acceptors (Lipinski definition) is 4. The van der Waals surface area contributed by atoms with E-state index in [-0.39, 0.29) is 0 Å². The number of nitrogens with zero attached hydrogens (tertiary/aromatic N) is 1. The number of aryl methyl sites for hydroxylation is 1. The molecule has 2 unspecified atom stereocenters. The molecule has 0 saturated carbocycles. The van der Waals surface area contributed by atoms with Crippen molar-refractivity contribution in [1.82, 2.24) is 10.1 Å². The van der Waals surface area contributed by atoms with Crippen LogP contribution in [0, 0.1) is 0 Å². The molecular weight excluding hydrogens is 235 g/mol. The van der Waals surface area contributed by atoms with Gasteiger partial charge in [0.1, 0.15) is 6.61 Å². The lowest BCUT2D eigenvalue weighted by atomic mass is 10.1. The first-order valence-electron chi connectivity index (χ1n) is 5.88. The highest BCUT2D eigenvalue weighted by Crippen LogP contribution is 2.16. The Morgan fingerprint density at radius 1 is 1.59 bits per heavy atom. The minimum Gasteiger partial charge on any atom is -0.475 e. The van der Waals surface area contributed by atoms with Crippen LogP contribution in [-0.4, -0.2) is 36.0 Å². The lowest BCUT2D eigenvalue weighted by Gasteiger charge is -2.11. The summed E-state index contributed by atoms with van der Waals surface area (Å²) in [5.74, 6) is 0.646. The van der Waals surface area contributed by atoms with E-state index in [1.54, 1.807) is 13.1 Å². The highest BCUT2D eigenvalue weighted by atomic mass is 31.1. The van der Waals surface area contributed by atoms with E-state index in [2.05, 4.69) is 16.7 Å². The van der Waals surface area contributed by atoms with Gasteiger partial charge in [0, 0.05) is 11.8 Å². The van der Waals surface area contributed by atoms with E-state index in [1.165, 1.54) is 0 Å². The summed E-state index contributed by atoms with van der Waals surface area (Å²) in [5.41, 5.74) is 1.11. The molecule has 96 valence electrons. The molecule has 4 nitrogen and oxygen atoms in total. The van der Waals surface area contributed by atoms with Gasteiger partial charge in [-0.25, -0.2) is 4.98 Å². The van der Waals surface area contributed by atoms with Crippen molar-refractivity contribution >= 4 is 8.73 Å². The molecule has 0 saturated heterocycles. The van der Waals surface area contributed by atoms with Crippen LogP contribution in [0.25, 0.3) is 0 Å². The zero-order chi connectivity index (χ0) is 12.5. The molecule has 0 aliphatic heterocycles. The third-order valence-electron chi connectivity index (χ3n) is 2.24. The summed E-state index contributed by atoms with van der Waals surface area (Å²) in [6.07, 6.45) is 3.26. The van der Waals surface area contributed by atoms with Gasteiger partial charge in [-0.1, -0.05) is 14.8 Å². The lowest BCUT2D eigenvalue weighted by molar-refractivity contribution is 0.119. The molecule has 1 aromatic rings. The number of nitrogens with one attached hydrogen (secondary N) is 1. The van der Waals surface area contributed by atoms with Crippen molar-refractivity contribution in [2.75, 3.05) is 19.8 Å². The summed E-state index contributed by atoms with van der Waals surface area (Å²) in [6, 6.07) is 3.94. The first kappa shape index (κ1) is 14.4. The average molecular weight is 256 g/mol. The second-order valence-corrected chi connectivity index (χ2v) is 4.76. The van der Waals surface area contributed by atoms with Crippen LogP contribution in [0.2, 0.25) is 0 Å². The van der Waals surface area contributed by atoms with Crippen molar-refractivity contribution in [1.29, 1.82) is 0 Å². The van der Waals surface area contributed by atoms with Gasteiger partial charge in [0.2, 0.25) is 5.88 Å². The number of aliphatic hydroxyl groups excluding tert-OH is 1. The minimum atomic E-state index is -0.465. The maximum atomic E-state index is 9.19. The van der Waals surface area contributed by atoms with Crippen molar-refractivity contribution < 1.29 is 9.84 Å². The molecule has 0 radical (unpaired) electrons. The van der Waals surface area contributed by atoms with Gasteiger partial charge in [0.25, 0.3) is 0 Å². The molecule has 2 atom stereocenters. The number of aromatic nitrogens is 1. The molecule has 0 aromatic carbocycles. The molecule has 1 rings (SSSR count). The topological polar surface area (TPSA) is 54.4 Å². The number of hydrogen-bond donors (Lipinski definition) is 2. The summed E-state index contributed by atoms with van der Waals surface area (Å²) in [4.78, 5) is 4.20. The van der Waals surface area contributed by atoms with Crippen LogP contribution in [0.15, 0.2) is 18.3 Å². The molecular formula is C12H21N2O2P. The molecule has 0 aliphatic carbocycles. The van der Waals surface area contributed by atoms with Gasteiger partial charge in [-0.2, -0.15) is 0 Å². The SMILES string of the molecule is CPNCCCc1cccnc1OCC(C)O. The van der Waals surface area contributed by atoms with Crippen LogP contribution in [0.1, 0.15) is 18.9 Å². The fraction of sp³-hybridized carbons (Fsp3) is 0.583. The number of aliphatic hydroxyl groups is 1. The second-order valence-electron chi connectivity index (χ2n) is 3.91. The van der Waals surface area contributed by atoms with Crippen molar-refractivity contribution in [3.8, 4) is 5.88 Å². The van der Waals surface area contributed by atoms with E-state index in [0.29, 0.717) is 12.5 Å². The summed E-state index contributed by atoms with van der Waals surface area (Å²) in [6.45, 7) is 5.13. The van der Waals surface area contributed by atoms with Gasteiger partial charge in [-0.15, -0.1) is 0 Å². The first-order valence-corrected chi connectivity index (χ1v) is 7.38. The van der Waals surface area contributed by atoms with E-state index in [1.807, 2.05) is 12.1 Å². The molecule has 17 heavy (non-hydrogen) atoms. The highest BCUT2D eigenvalue weighted by molar-refractivity contribution is 7.34. The second kappa shape index (κ2) is 8.40. The van der Waals surface area contributed by atoms with Gasteiger partial charge in [-0.05, 0) is 39.0 Å². The zero-order valence-electron chi connectivity index (χ0n) is 10.4. The monoisotopic (exact) mass is 256 g/mol. The van der Waals surface area contributed by atoms with Gasteiger partial charge in [-0.3, -0.25) is 5.09 Å². The van der Waals surface area contributed by atoms with E-state index < -0.39 is 6.10 Å². The number of rotatable bonds is 8. The van der Waals surface area contributed by atoms with E-state index >= 15 is 0 Å². The Labute approximate surface area is 105 Å². The zero-order valence-corrected chi connectivity index (χ0v) is 11.4. The number of pyridine rings is 1. The Morgan fingerprint density at radius 2 is 2.41 bits per heavy atom. The Morgan fingerprint density at radius 3 is 3.12 bits per heavy atom. The van der Waals surface area contributed by atoms with Gasteiger partial charge in [0.15, 0.2) is 0 Å². The summed E-state index contributed by atoms with van der Waals surface area (Å²) in [7, 11) is 0.790. The largest absolute Gasteiger partial charge is 0.475 e. The Kier molecular flexibility index (Phi) is 7.10. The fourth-order valence-corrected chi connectivity index (χ4v) is 1.86. The Bertz CT molecular complexity index is 321. The Hall–Kier alpha value is -0.700. The molecule has 0 bridgehead atoms. The summed E-state index contributed by atoms with van der Waals surface area (Å²) >= 11 is 0. The first-order chi connectivity index (χ1) is 8.24. The van der Waals surface area contributed by atoms with Crippen molar-refractivity contribution in [2.24, 2.45) is 0 Å². The van der Waals surface area contributed by atoms with Gasteiger partial charge >= 0.3 is 0 Å². The van der Waals surface area contributed by atoms with E-state index in [0.717, 1.165) is 33.7 Å². The maximum Gasteiger partial charge on any atom is 0.216 e. The molecule has 5 heteroatoms. The van der Waals surface area contributed by atoms with Crippen LogP contribution >= 0.6 is 8.73 Å². The third kappa shape index (κ3) is 5.97. The molecule has 0 fully saturated rings. The quantitative estimate of drug-likeness (QED) is 0.548. The molecule has 0 aliphatic rings. The standard InChI is InChI=1S/C12H21N2O2P/c1-10(15)9-16-12-11(5-3-7-13-12)6-4-8-14-17-2/h3,5,7,10,14-15,17H,4,6,8-9H2,1-2H3. The molecule has 1 aromatic heterocycles. The van der Waals surface area contributed by atoms with E-state index in [9.17, 15) is 5.11 Å². The predicted molar refractivity (Wildman–Crippen MR) is 72.0 cm³/mol. The average Bonchev–Trinajstić information content (AvgIpc) is 2.33. The molecule has 0 amide bonds. The van der Waals surface area contributed by atoms with E-state index in [4.69, 9.17) is 4.74 Å². The molecule has 1 heterocycles. The third-order valence-corrected chi connectivity index (χ3v) is 2.84. The highest BCUT2D eigenvalue weighted by Gasteiger charge is 2.05. The molecule has 0 spiro atoms. The van der Waals surface area contributed by atoms with Crippen molar-refractivity contribution in [3.63, 3.8) is 0 Å². The lowest BCUT2D eigenvalue weighted by Crippen LogP contribution is -2.14. The minimum absolute atomic E-state index is 0.290. The van der Waals surface area contributed by atoms with Crippen molar-refractivity contribution in [3.05, 3.63) is 23.9 Å². The fourth-order valence-electron chi connectivity index (χ4n) is 1.44. The van der Waals surface area contributed by atoms with Crippen molar-refractivity contribution in [2.45, 2.75) is 25.9 Å². The normalized spacial score (nSPS) is 13.1. The van der Waals surface area contributed by atoms with Crippen LogP contribution in [0.3, 0.4) is 0 Å². The van der Waals surface area contributed by atoms with Gasteiger partial charge in [0.05, 0.1) is 6.10 Å². The van der Waals surface area contributed by atoms with Crippen LogP contribution in [-0.2, 0) is 6.42 Å². The summed E-state index contributed by atoms with van der Waals surface area (Å²) in [5, 5.41) is 12.5. The number of ether oxygens (including phenoxy) is 1. The smallest absolute Gasteiger partial charge is 0.216 e. The summed E-state index contributed by atoms with van der Waals surface area (Å²) < 4.78 is 5.48. The van der Waals surface area contributed by atoms with Crippen LogP contribution < -0.4 is 9.82 Å². The molecule has 2 N–H and O–H groups in total. The van der Waals surface area contributed by atoms with Gasteiger partial charge < -0.3 is 9.84 Å². The van der Waals surface area contributed by atoms with Crippen LogP contribution in [0.4, 0.5) is 0 Å².